The molecule has 106 valence electrons. The Morgan fingerprint density at radius 2 is 1.90 bits per heavy atom. The third kappa shape index (κ3) is 2.76. The van der Waals surface area contributed by atoms with E-state index in [1.807, 2.05) is 60.5 Å². The first-order valence-electron chi connectivity index (χ1n) is 6.95. The predicted molar refractivity (Wildman–Crippen MR) is 83.9 cm³/mol. The summed E-state index contributed by atoms with van der Waals surface area (Å²) in [5, 5.41) is 7.39. The Kier molecular flexibility index (Phi) is 3.64. The lowest BCUT2D eigenvalue weighted by Gasteiger charge is -2.06. The maximum absolute atomic E-state index is 4.67. The Morgan fingerprint density at radius 3 is 2.57 bits per heavy atom. The van der Waals surface area contributed by atoms with Crippen LogP contribution in [0, 0.1) is 0 Å². The van der Waals surface area contributed by atoms with Crippen LogP contribution in [0.25, 0.3) is 22.6 Å². The first-order valence-corrected chi connectivity index (χ1v) is 6.95. The highest BCUT2D eigenvalue weighted by Crippen LogP contribution is 2.23. The molecular formula is C16H17N5. The Morgan fingerprint density at radius 1 is 1.10 bits per heavy atom. The molecular weight excluding hydrogens is 262 g/mol. The second kappa shape index (κ2) is 5.75. The second-order valence-electron chi connectivity index (χ2n) is 4.66. The first-order chi connectivity index (χ1) is 10.3. The van der Waals surface area contributed by atoms with E-state index in [0.29, 0.717) is 5.82 Å². The molecule has 0 spiro atoms. The third-order valence-electron chi connectivity index (χ3n) is 3.27. The summed E-state index contributed by atoms with van der Waals surface area (Å²) in [4.78, 5) is 9.19. The van der Waals surface area contributed by atoms with Gasteiger partial charge in [-0.25, -0.2) is 9.97 Å². The fraction of sp³-hybridized carbons (Fsp3) is 0.188. The van der Waals surface area contributed by atoms with Crippen molar-refractivity contribution in [2.24, 2.45) is 0 Å². The van der Waals surface area contributed by atoms with Crippen LogP contribution < -0.4 is 5.32 Å². The molecule has 0 amide bonds. The van der Waals surface area contributed by atoms with Crippen molar-refractivity contribution in [3.8, 4) is 22.6 Å². The molecule has 0 fully saturated rings. The molecule has 0 aliphatic rings. The number of aromatic nitrogens is 4. The third-order valence-corrected chi connectivity index (χ3v) is 3.27. The topological polar surface area (TPSA) is 55.6 Å². The lowest BCUT2D eigenvalue weighted by atomic mass is 10.2. The molecule has 0 unspecified atom stereocenters. The zero-order valence-corrected chi connectivity index (χ0v) is 12.1. The number of nitrogens with zero attached hydrogens (tertiary/aromatic N) is 4. The molecule has 3 rings (SSSR count). The summed E-state index contributed by atoms with van der Waals surface area (Å²) in [5.74, 6) is 1.50. The Bertz CT molecular complexity index is 733. The van der Waals surface area contributed by atoms with Crippen LogP contribution in [0.15, 0.2) is 48.8 Å². The minimum atomic E-state index is 0.710. The Hall–Kier alpha value is -2.69. The van der Waals surface area contributed by atoms with Gasteiger partial charge >= 0.3 is 0 Å². The summed E-state index contributed by atoms with van der Waals surface area (Å²) in [5.41, 5.74) is 2.86. The Balaban J connectivity index is 2.09. The van der Waals surface area contributed by atoms with Crippen molar-refractivity contribution < 1.29 is 0 Å². The van der Waals surface area contributed by atoms with Crippen molar-refractivity contribution in [1.29, 1.82) is 0 Å². The normalized spacial score (nSPS) is 10.6. The van der Waals surface area contributed by atoms with E-state index in [9.17, 15) is 0 Å². The van der Waals surface area contributed by atoms with Gasteiger partial charge < -0.3 is 5.32 Å². The number of benzene rings is 1. The molecule has 2 heterocycles. The molecule has 2 aromatic heterocycles. The average Bonchev–Trinajstić information content (AvgIpc) is 3.04. The summed E-state index contributed by atoms with van der Waals surface area (Å²) in [6.07, 6.45) is 3.83. The highest BCUT2D eigenvalue weighted by atomic mass is 15.3. The minimum Gasteiger partial charge on any atom is -0.373 e. The van der Waals surface area contributed by atoms with E-state index in [-0.39, 0.29) is 0 Å². The van der Waals surface area contributed by atoms with Gasteiger partial charge in [-0.2, -0.15) is 5.10 Å². The highest BCUT2D eigenvalue weighted by molar-refractivity contribution is 5.66. The first kappa shape index (κ1) is 13.3. The van der Waals surface area contributed by atoms with E-state index in [2.05, 4.69) is 27.3 Å². The smallest absolute Gasteiger partial charge is 0.162 e. The molecule has 5 nitrogen and oxygen atoms in total. The van der Waals surface area contributed by atoms with E-state index in [1.165, 1.54) is 0 Å². The number of anilines is 1. The molecule has 0 aliphatic heterocycles. The van der Waals surface area contributed by atoms with Crippen molar-refractivity contribution in [2.45, 2.75) is 13.5 Å². The predicted octanol–water partition coefficient (Wildman–Crippen LogP) is 3.07. The summed E-state index contributed by atoms with van der Waals surface area (Å²) >= 11 is 0. The fourth-order valence-corrected chi connectivity index (χ4v) is 2.11. The van der Waals surface area contributed by atoms with Gasteiger partial charge in [0.15, 0.2) is 5.82 Å². The lowest BCUT2D eigenvalue weighted by Crippen LogP contribution is -1.98. The molecule has 21 heavy (non-hydrogen) atoms. The number of hydrogen-bond acceptors (Lipinski definition) is 4. The van der Waals surface area contributed by atoms with Gasteiger partial charge in [-0.05, 0) is 6.92 Å². The van der Waals surface area contributed by atoms with Gasteiger partial charge in [-0.1, -0.05) is 30.3 Å². The van der Waals surface area contributed by atoms with Gasteiger partial charge in [0.1, 0.15) is 5.82 Å². The van der Waals surface area contributed by atoms with E-state index in [0.717, 1.165) is 29.2 Å². The molecule has 5 heteroatoms. The monoisotopic (exact) mass is 279 g/mol. The van der Waals surface area contributed by atoms with Crippen LogP contribution >= 0.6 is 0 Å². The summed E-state index contributed by atoms with van der Waals surface area (Å²) in [7, 11) is 1.86. The molecule has 0 saturated carbocycles. The van der Waals surface area contributed by atoms with Crippen LogP contribution in [0.3, 0.4) is 0 Å². The highest BCUT2D eigenvalue weighted by Gasteiger charge is 2.09. The van der Waals surface area contributed by atoms with E-state index >= 15 is 0 Å². The van der Waals surface area contributed by atoms with Gasteiger partial charge in [0.25, 0.3) is 0 Å². The van der Waals surface area contributed by atoms with Crippen LogP contribution in [-0.4, -0.2) is 26.8 Å². The SMILES string of the molecule is CCn1cc(-c2cc(NC)nc(-c3ccccc3)n2)cn1. The summed E-state index contributed by atoms with van der Waals surface area (Å²) in [6.45, 7) is 2.90. The minimum absolute atomic E-state index is 0.710. The number of nitrogens with one attached hydrogen (secondary N) is 1. The lowest BCUT2D eigenvalue weighted by molar-refractivity contribution is 0.660. The molecule has 0 radical (unpaired) electrons. The second-order valence-corrected chi connectivity index (χ2v) is 4.66. The van der Waals surface area contributed by atoms with Gasteiger partial charge in [-0.15, -0.1) is 0 Å². The maximum atomic E-state index is 4.67. The van der Waals surface area contributed by atoms with Crippen LogP contribution in [0.2, 0.25) is 0 Å². The van der Waals surface area contributed by atoms with Crippen molar-refractivity contribution >= 4 is 5.82 Å². The van der Waals surface area contributed by atoms with E-state index < -0.39 is 0 Å². The van der Waals surface area contributed by atoms with Crippen molar-refractivity contribution in [1.82, 2.24) is 19.7 Å². The zero-order valence-electron chi connectivity index (χ0n) is 12.1. The fourth-order valence-electron chi connectivity index (χ4n) is 2.11. The quantitative estimate of drug-likeness (QED) is 0.797. The van der Waals surface area contributed by atoms with Gasteiger partial charge in [0, 0.05) is 37.0 Å². The van der Waals surface area contributed by atoms with Gasteiger partial charge in [0.05, 0.1) is 11.9 Å². The van der Waals surface area contributed by atoms with Crippen molar-refractivity contribution in [3.63, 3.8) is 0 Å². The Labute approximate surface area is 123 Å². The molecule has 0 bridgehead atoms. The van der Waals surface area contributed by atoms with E-state index in [1.54, 1.807) is 0 Å². The molecule has 1 aromatic carbocycles. The number of rotatable bonds is 4. The molecule has 1 N–H and O–H groups in total. The van der Waals surface area contributed by atoms with Gasteiger partial charge in [-0.3, -0.25) is 4.68 Å². The van der Waals surface area contributed by atoms with E-state index in [4.69, 9.17) is 0 Å². The van der Waals surface area contributed by atoms with Crippen LogP contribution in [0.5, 0.6) is 0 Å². The maximum Gasteiger partial charge on any atom is 0.162 e. The molecule has 3 aromatic rings. The molecule has 0 saturated heterocycles. The molecule has 0 aliphatic carbocycles. The van der Waals surface area contributed by atoms with Gasteiger partial charge in [0.2, 0.25) is 0 Å². The largest absolute Gasteiger partial charge is 0.373 e. The van der Waals surface area contributed by atoms with Crippen LogP contribution in [0.4, 0.5) is 5.82 Å². The van der Waals surface area contributed by atoms with Crippen LogP contribution in [0.1, 0.15) is 6.92 Å². The average molecular weight is 279 g/mol. The summed E-state index contributed by atoms with van der Waals surface area (Å²) in [6, 6.07) is 11.9. The summed E-state index contributed by atoms with van der Waals surface area (Å²) < 4.78 is 1.89. The standard InChI is InChI=1S/C16H17N5/c1-3-21-11-13(10-18-21)14-9-15(17-2)20-16(19-14)12-7-5-4-6-8-12/h4-11H,3H2,1-2H3,(H,17,19,20). The number of hydrogen-bond donors (Lipinski definition) is 1. The van der Waals surface area contributed by atoms with Crippen LogP contribution in [-0.2, 0) is 6.54 Å². The molecule has 0 atom stereocenters. The number of aryl methyl sites for hydroxylation is 1. The van der Waals surface area contributed by atoms with Crippen molar-refractivity contribution in [3.05, 3.63) is 48.8 Å². The van der Waals surface area contributed by atoms with Crippen molar-refractivity contribution in [2.75, 3.05) is 12.4 Å². The zero-order chi connectivity index (χ0) is 14.7.